The minimum Gasteiger partial charge on any atom is -0.309 e. The first-order valence-electron chi connectivity index (χ1n) is 6.80. The predicted molar refractivity (Wildman–Crippen MR) is 79.6 cm³/mol. The Bertz CT molecular complexity index is 382. The second kappa shape index (κ2) is 8.54. The van der Waals surface area contributed by atoms with Gasteiger partial charge in [0.05, 0.1) is 0 Å². The minimum absolute atomic E-state index is 0.0822. The van der Waals surface area contributed by atoms with Crippen molar-refractivity contribution in [2.45, 2.75) is 33.2 Å². The molecular formula is C15H23F2NS. The quantitative estimate of drug-likeness (QED) is 0.761. The molecule has 0 radical (unpaired) electrons. The van der Waals surface area contributed by atoms with Crippen LogP contribution in [0.5, 0.6) is 0 Å². The molecule has 0 saturated carbocycles. The van der Waals surface area contributed by atoms with Gasteiger partial charge in [-0.15, -0.1) is 0 Å². The molecule has 0 amide bonds. The molecule has 108 valence electrons. The van der Waals surface area contributed by atoms with Gasteiger partial charge in [-0.05, 0) is 42.3 Å². The number of nitrogens with one attached hydrogen (secondary N) is 1. The van der Waals surface area contributed by atoms with Crippen molar-refractivity contribution in [2.24, 2.45) is 5.92 Å². The second-order valence-electron chi connectivity index (χ2n) is 5.11. The summed E-state index contributed by atoms with van der Waals surface area (Å²) in [7, 11) is 0. The molecule has 1 N–H and O–H groups in total. The third-order valence-electron chi connectivity index (χ3n) is 2.72. The summed E-state index contributed by atoms with van der Waals surface area (Å²) in [6.45, 7) is 7.33. The van der Waals surface area contributed by atoms with Crippen molar-refractivity contribution in [3.05, 3.63) is 35.4 Å². The van der Waals surface area contributed by atoms with E-state index < -0.39 is 11.6 Å². The number of rotatable bonds is 8. The highest BCUT2D eigenvalue weighted by molar-refractivity contribution is 7.99. The Morgan fingerprint density at radius 2 is 1.89 bits per heavy atom. The van der Waals surface area contributed by atoms with Crippen LogP contribution in [0.1, 0.15) is 38.8 Å². The zero-order valence-corrected chi connectivity index (χ0v) is 12.7. The van der Waals surface area contributed by atoms with Crippen molar-refractivity contribution in [3.8, 4) is 0 Å². The Labute approximate surface area is 119 Å². The van der Waals surface area contributed by atoms with E-state index >= 15 is 0 Å². The Balaban J connectivity index is 2.68. The third kappa shape index (κ3) is 5.91. The molecule has 19 heavy (non-hydrogen) atoms. The molecule has 0 spiro atoms. The first kappa shape index (κ1) is 16.4. The van der Waals surface area contributed by atoms with Crippen LogP contribution in [-0.2, 0) is 0 Å². The standard InChI is InChI=1S/C15H23F2NS/c1-4-7-18-15(10-19-9-11(2)3)12-5-6-13(16)14(17)8-12/h5-6,8,11,15,18H,4,7,9-10H2,1-3H3. The highest BCUT2D eigenvalue weighted by Gasteiger charge is 2.13. The fourth-order valence-corrected chi connectivity index (χ4v) is 2.90. The van der Waals surface area contributed by atoms with E-state index in [0.29, 0.717) is 5.92 Å². The maximum Gasteiger partial charge on any atom is 0.159 e. The molecule has 1 atom stereocenters. The van der Waals surface area contributed by atoms with Gasteiger partial charge >= 0.3 is 0 Å². The average molecular weight is 287 g/mol. The normalized spacial score (nSPS) is 12.9. The van der Waals surface area contributed by atoms with Gasteiger partial charge in [0.1, 0.15) is 0 Å². The topological polar surface area (TPSA) is 12.0 Å². The molecule has 1 rings (SSSR count). The van der Waals surface area contributed by atoms with Crippen molar-refractivity contribution >= 4 is 11.8 Å². The SMILES string of the molecule is CCCNC(CSCC(C)C)c1ccc(F)c(F)c1. The lowest BCUT2D eigenvalue weighted by molar-refractivity contribution is 0.501. The third-order valence-corrected chi connectivity index (χ3v) is 4.19. The number of halogens is 2. The van der Waals surface area contributed by atoms with E-state index in [1.54, 1.807) is 6.07 Å². The maximum absolute atomic E-state index is 13.3. The predicted octanol–water partition coefficient (Wildman–Crippen LogP) is 4.39. The molecule has 0 fully saturated rings. The van der Waals surface area contributed by atoms with E-state index in [-0.39, 0.29) is 6.04 Å². The van der Waals surface area contributed by atoms with Crippen LogP contribution in [-0.4, -0.2) is 18.1 Å². The van der Waals surface area contributed by atoms with Gasteiger partial charge in [-0.25, -0.2) is 8.78 Å². The summed E-state index contributed by atoms with van der Waals surface area (Å²) in [4.78, 5) is 0. The van der Waals surface area contributed by atoms with E-state index in [1.165, 1.54) is 12.1 Å². The van der Waals surface area contributed by atoms with Gasteiger partial charge in [0.15, 0.2) is 11.6 Å². The van der Waals surface area contributed by atoms with E-state index in [4.69, 9.17) is 0 Å². The summed E-state index contributed by atoms with van der Waals surface area (Å²) in [6, 6.07) is 4.26. The van der Waals surface area contributed by atoms with E-state index in [0.717, 1.165) is 30.0 Å². The van der Waals surface area contributed by atoms with Crippen molar-refractivity contribution in [1.29, 1.82) is 0 Å². The molecule has 1 unspecified atom stereocenters. The molecule has 0 bridgehead atoms. The van der Waals surface area contributed by atoms with Crippen LogP contribution in [0.15, 0.2) is 18.2 Å². The van der Waals surface area contributed by atoms with Crippen molar-refractivity contribution in [2.75, 3.05) is 18.1 Å². The Morgan fingerprint density at radius 3 is 2.47 bits per heavy atom. The number of hydrogen-bond acceptors (Lipinski definition) is 2. The first-order chi connectivity index (χ1) is 9.04. The van der Waals surface area contributed by atoms with Gasteiger partial charge in [-0.3, -0.25) is 0 Å². The Hall–Kier alpha value is -0.610. The molecule has 1 aromatic carbocycles. The lowest BCUT2D eigenvalue weighted by atomic mass is 10.1. The zero-order valence-electron chi connectivity index (χ0n) is 11.9. The van der Waals surface area contributed by atoms with Gasteiger partial charge in [0, 0.05) is 11.8 Å². The number of thioether (sulfide) groups is 1. The second-order valence-corrected chi connectivity index (χ2v) is 6.19. The highest BCUT2D eigenvalue weighted by Crippen LogP contribution is 2.21. The molecular weight excluding hydrogens is 264 g/mol. The van der Waals surface area contributed by atoms with E-state index in [1.807, 2.05) is 11.8 Å². The van der Waals surface area contributed by atoms with Crippen LogP contribution in [0.4, 0.5) is 8.78 Å². The fourth-order valence-electron chi connectivity index (χ4n) is 1.74. The van der Waals surface area contributed by atoms with Crippen molar-refractivity contribution in [1.82, 2.24) is 5.32 Å². The summed E-state index contributed by atoms with van der Waals surface area (Å²) in [5.41, 5.74) is 0.823. The Morgan fingerprint density at radius 1 is 1.16 bits per heavy atom. The molecule has 1 nitrogen and oxygen atoms in total. The molecule has 1 aromatic rings. The van der Waals surface area contributed by atoms with Gasteiger partial charge < -0.3 is 5.32 Å². The smallest absolute Gasteiger partial charge is 0.159 e. The summed E-state index contributed by atoms with van der Waals surface area (Å²) in [5, 5.41) is 3.40. The Kier molecular flexibility index (Phi) is 7.39. The van der Waals surface area contributed by atoms with E-state index in [2.05, 4.69) is 26.1 Å². The van der Waals surface area contributed by atoms with E-state index in [9.17, 15) is 8.78 Å². The fraction of sp³-hybridized carbons (Fsp3) is 0.600. The first-order valence-corrected chi connectivity index (χ1v) is 7.96. The largest absolute Gasteiger partial charge is 0.309 e. The van der Waals surface area contributed by atoms with Crippen LogP contribution in [0.3, 0.4) is 0 Å². The monoisotopic (exact) mass is 287 g/mol. The molecule has 0 saturated heterocycles. The summed E-state index contributed by atoms with van der Waals surface area (Å²) in [5.74, 6) is 1.04. The van der Waals surface area contributed by atoms with Crippen LogP contribution in [0.25, 0.3) is 0 Å². The molecule has 0 aliphatic carbocycles. The van der Waals surface area contributed by atoms with Crippen LogP contribution >= 0.6 is 11.8 Å². The van der Waals surface area contributed by atoms with Crippen LogP contribution in [0.2, 0.25) is 0 Å². The van der Waals surface area contributed by atoms with Crippen molar-refractivity contribution < 1.29 is 8.78 Å². The van der Waals surface area contributed by atoms with Gasteiger partial charge in [-0.2, -0.15) is 11.8 Å². The lowest BCUT2D eigenvalue weighted by Gasteiger charge is -2.19. The summed E-state index contributed by atoms with van der Waals surface area (Å²) < 4.78 is 26.3. The molecule has 0 aliphatic heterocycles. The number of benzene rings is 1. The molecule has 0 heterocycles. The molecule has 0 aliphatic rings. The lowest BCUT2D eigenvalue weighted by Crippen LogP contribution is -2.24. The summed E-state index contributed by atoms with van der Waals surface area (Å²) in [6.07, 6.45) is 1.02. The molecule has 4 heteroatoms. The van der Waals surface area contributed by atoms with Gasteiger partial charge in [-0.1, -0.05) is 26.8 Å². The van der Waals surface area contributed by atoms with Crippen LogP contribution < -0.4 is 5.32 Å². The van der Waals surface area contributed by atoms with Crippen molar-refractivity contribution in [3.63, 3.8) is 0 Å². The van der Waals surface area contributed by atoms with Gasteiger partial charge in [0.2, 0.25) is 0 Å². The minimum atomic E-state index is -0.784. The summed E-state index contributed by atoms with van der Waals surface area (Å²) >= 11 is 1.85. The zero-order chi connectivity index (χ0) is 14.3. The van der Waals surface area contributed by atoms with Crippen LogP contribution in [0, 0.1) is 17.6 Å². The van der Waals surface area contributed by atoms with Gasteiger partial charge in [0.25, 0.3) is 0 Å². The maximum atomic E-state index is 13.3. The number of hydrogen-bond donors (Lipinski definition) is 1. The molecule has 0 aromatic heterocycles. The average Bonchev–Trinajstić information content (AvgIpc) is 2.36. The highest BCUT2D eigenvalue weighted by atomic mass is 32.2.